The van der Waals surface area contributed by atoms with Gasteiger partial charge in [0.25, 0.3) is 0 Å². The molecule has 0 aliphatic heterocycles. The maximum atomic E-state index is 13.9. The fourth-order valence-electron chi connectivity index (χ4n) is 2.86. The Balaban J connectivity index is 1.93. The van der Waals surface area contributed by atoms with Gasteiger partial charge in [-0.05, 0) is 32.0 Å². The van der Waals surface area contributed by atoms with Crippen molar-refractivity contribution in [3.8, 4) is 0 Å². The number of sulfonamides is 1. The second-order valence-electron chi connectivity index (χ2n) is 6.09. The third kappa shape index (κ3) is 3.42. The van der Waals surface area contributed by atoms with Crippen LogP contribution in [0.4, 0.5) is 4.39 Å². The molecule has 6 nitrogen and oxygen atoms in total. The Hall–Kier alpha value is -2.45. The number of aromatic nitrogens is 2. The first kappa shape index (κ1) is 18.3. The number of furan rings is 1. The van der Waals surface area contributed by atoms with Crippen molar-refractivity contribution in [2.75, 3.05) is 7.05 Å². The summed E-state index contributed by atoms with van der Waals surface area (Å²) in [6, 6.07) is 9.79. The van der Waals surface area contributed by atoms with Crippen molar-refractivity contribution in [2.24, 2.45) is 0 Å². The number of benzene rings is 1. The Morgan fingerprint density at radius 1 is 1.19 bits per heavy atom. The summed E-state index contributed by atoms with van der Waals surface area (Å²) in [5.74, 6) is 0.199. The Morgan fingerprint density at radius 3 is 2.58 bits per heavy atom. The molecule has 0 unspecified atom stereocenters. The minimum absolute atomic E-state index is 0.118. The van der Waals surface area contributed by atoms with Gasteiger partial charge >= 0.3 is 0 Å². The summed E-state index contributed by atoms with van der Waals surface area (Å²) < 4.78 is 47.8. The van der Waals surface area contributed by atoms with Crippen molar-refractivity contribution in [3.63, 3.8) is 0 Å². The average molecular weight is 377 g/mol. The van der Waals surface area contributed by atoms with Crippen LogP contribution in [-0.4, -0.2) is 29.6 Å². The lowest BCUT2D eigenvalue weighted by Crippen LogP contribution is -2.27. The highest BCUT2D eigenvalue weighted by atomic mass is 32.2. The van der Waals surface area contributed by atoms with Gasteiger partial charge < -0.3 is 4.42 Å². The van der Waals surface area contributed by atoms with E-state index in [2.05, 4.69) is 5.10 Å². The number of aryl methyl sites for hydroxylation is 1. The molecular weight excluding hydrogens is 357 g/mol. The molecule has 0 fully saturated rings. The van der Waals surface area contributed by atoms with Crippen LogP contribution in [-0.2, 0) is 23.1 Å². The highest BCUT2D eigenvalue weighted by Gasteiger charge is 2.29. The molecule has 0 N–H and O–H groups in total. The predicted molar refractivity (Wildman–Crippen MR) is 94.6 cm³/mol. The largest absolute Gasteiger partial charge is 0.468 e. The van der Waals surface area contributed by atoms with Gasteiger partial charge in [0.1, 0.15) is 16.5 Å². The van der Waals surface area contributed by atoms with Gasteiger partial charge in [0, 0.05) is 12.6 Å². The molecule has 3 aromatic rings. The zero-order valence-corrected chi connectivity index (χ0v) is 15.6. The maximum absolute atomic E-state index is 13.9. The first-order valence-corrected chi connectivity index (χ1v) is 9.51. The molecule has 3 rings (SSSR count). The van der Waals surface area contributed by atoms with Crippen LogP contribution in [0.25, 0.3) is 0 Å². The predicted octanol–water partition coefficient (Wildman–Crippen LogP) is 3.10. The van der Waals surface area contributed by atoms with Crippen LogP contribution in [0.2, 0.25) is 0 Å². The molecule has 0 saturated carbocycles. The van der Waals surface area contributed by atoms with Crippen molar-refractivity contribution in [3.05, 3.63) is 71.2 Å². The second-order valence-corrected chi connectivity index (χ2v) is 8.07. The molecule has 0 bridgehead atoms. The van der Waals surface area contributed by atoms with Gasteiger partial charge in [-0.1, -0.05) is 18.2 Å². The van der Waals surface area contributed by atoms with E-state index in [4.69, 9.17) is 4.42 Å². The summed E-state index contributed by atoms with van der Waals surface area (Å²) in [6.07, 6.45) is 1.50. The number of halogens is 1. The average Bonchev–Trinajstić information content (AvgIpc) is 3.18. The minimum atomic E-state index is -3.76. The Labute approximate surface area is 151 Å². The van der Waals surface area contributed by atoms with E-state index in [1.165, 1.54) is 28.4 Å². The van der Waals surface area contributed by atoms with Crippen LogP contribution >= 0.6 is 0 Å². The number of rotatable bonds is 6. The van der Waals surface area contributed by atoms with E-state index < -0.39 is 10.0 Å². The second kappa shape index (κ2) is 7.05. The fourth-order valence-corrected chi connectivity index (χ4v) is 4.36. The lowest BCUT2D eigenvalue weighted by atomic mass is 10.2. The Morgan fingerprint density at radius 2 is 1.92 bits per heavy atom. The third-order valence-electron chi connectivity index (χ3n) is 4.22. The lowest BCUT2D eigenvalue weighted by molar-refractivity contribution is 0.406. The highest BCUT2D eigenvalue weighted by molar-refractivity contribution is 7.89. The standard InChI is InChI=1S/C18H20FN3O3S/c1-13-18(26(23,24)21(3)12-16-8-6-10-25-16)14(2)22(20-13)11-15-7-4-5-9-17(15)19/h4-10H,11-12H2,1-3H3. The SMILES string of the molecule is Cc1nn(Cc2ccccc2F)c(C)c1S(=O)(=O)N(C)Cc1ccco1. The van der Waals surface area contributed by atoms with E-state index in [-0.39, 0.29) is 23.8 Å². The van der Waals surface area contributed by atoms with E-state index in [0.29, 0.717) is 22.7 Å². The van der Waals surface area contributed by atoms with Crippen LogP contribution in [0.5, 0.6) is 0 Å². The van der Waals surface area contributed by atoms with Crippen LogP contribution in [0.1, 0.15) is 22.7 Å². The number of hydrogen-bond donors (Lipinski definition) is 0. The highest BCUT2D eigenvalue weighted by Crippen LogP contribution is 2.25. The summed E-state index contributed by atoms with van der Waals surface area (Å²) in [7, 11) is -2.27. The molecule has 0 aliphatic carbocycles. The van der Waals surface area contributed by atoms with Crippen molar-refractivity contribution < 1.29 is 17.2 Å². The fraction of sp³-hybridized carbons (Fsp3) is 0.278. The summed E-state index contributed by atoms with van der Waals surface area (Å²) in [4.78, 5) is 0.142. The molecule has 0 aliphatic rings. The third-order valence-corrected chi connectivity index (χ3v) is 6.28. The van der Waals surface area contributed by atoms with E-state index in [0.717, 1.165) is 0 Å². The van der Waals surface area contributed by atoms with Crippen molar-refractivity contribution in [1.29, 1.82) is 0 Å². The molecule has 1 aromatic carbocycles. The van der Waals surface area contributed by atoms with E-state index >= 15 is 0 Å². The van der Waals surface area contributed by atoms with Gasteiger partial charge in [0.15, 0.2) is 0 Å². The van der Waals surface area contributed by atoms with Crippen LogP contribution in [0, 0.1) is 19.7 Å². The molecule has 2 heterocycles. The van der Waals surface area contributed by atoms with E-state index in [9.17, 15) is 12.8 Å². The maximum Gasteiger partial charge on any atom is 0.246 e. The van der Waals surface area contributed by atoms with Gasteiger partial charge in [0.05, 0.1) is 30.7 Å². The first-order valence-electron chi connectivity index (χ1n) is 8.07. The molecule has 0 radical (unpaired) electrons. The summed E-state index contributed by atoms with van der Waals surface area (Å²) in [6.45, 7) is 3.59. The summed E-state index contributed by atoms with van der Waals surface area (Å²) in [5.41, 5.74) is 1.30. The molecular formula is C18H20FN3O3S. The quantitative estimate of drug-likeness (QED) is 0.662. The smallest absolute Gasteiger partial charge is 0.246 e. The molecule has 26 heavy (non-hydrogen) atoms. The normalized spacial score (nSPS) is 12.0. The molecule has 8 heteroatoms. The van der Waals surface area contributed by atoms with Gasteiger partial charge in [-0.3, -0.25) is 4.68 Å². The van der Waals surface area contributed by atoms with Crippen LogP contribution in [0.15, 0.2) is 52.0 Å². The van der Waals surface area contributed by atoms with Crippen molar-refractivity contribution in [2.45, 2.75) is 31.8 Å². The molecule has 0 saturated heterocycles. The summed E-state index contributed by atoms with van der Waals surface area (Å²) >= 11 is 0. The molecule has 2 aromatic heterocycles. The molecule has 0 amide bonds. The monoisotopic (exact) mass is 377 g/mol. The number of hydrogen-bond acceptors (Lipinski definition) is 4. The zero-order chi connectivity index (χ0) is 18.9. The minimum Gasteiger partial charge on any atom is -0.468 e. The zero-order valence-electron chi connectivity index (χ0n) is 14.8. The Bertz CT molecular complexity index is 1010. The summed E-state index contributed by atoms with van der Waals surface area (Å²) in [5, 5.41) is 4.31. The van der Waals surface area contributed by atoms with Gasteiger partial charge in [0.2, 0.25) is 10.0 Å². The van der Waals surface area contributed by atoms with Gasteiger partial charge in [-0.25, -0.2) is 12.8 Å². The van der Waals surface area contributed by atoms with Crippen molar-refractivity contribution in [1.82, 2.24) is 14.1 Å². The first-order chi connectivity index (χ1) is 12.3. The Kier molecular flexibility index (Phi) is 4.97. The molecule has 0 spiro atoms. The molecule has 0 atom stereocenters. The topological polar surface area (TPSA) is 68.3 Å². The van der Waals surface area contributed by atoms with E-state index in [1.807, 2.05) is 0 Å². The molecule has 138 valence electrons. The van der Waals surface area contributed by atoms with Crippen molar-refractivity contribution >= 4 is 10.0 Å². The van der Waals surface area contributed by atoms with Crippen LogP contribution < -0.4 is 0 Å². The number of nitrogens with zero attached hydrogens (tertiary/aromatic N) is 3. The lowest BCUT2D eigenvalue weighted by Gasteiger charge is -2.16. The van der Waals surface area contributed by atoms with Gasteiger partial charge in [-0.2, -0.15) is 9.40 Å². The van der Waals surface area contributed by atoms with E-state index in [1.54, 1.807) is 44.2 Å². The van der Waals surface area contributed by atoms with Crippen LogP contribution in [0.3, 0.4) is 0 Å². The van der Waals surface area contributed by atoms with Gasteiger partial charge in [-0.15, -0.1) is 0 Å².